The number of nitrogens with two attached hydrogens (primary N) is 1. The number of pyridine rings is 3. The molecule has 1 aromatic carbocycles. The Morgan fingerprint density at radius 3 is 2.48 bits per heavy atom. The van der Waals surface area contributed by atoms with Gasteiger partial charge in [-0.05, 0) is 75.2 Å². The second kappa shape index (κ2) is 10.9. The van der Waals surface area contributed by atoms with Crippen molar-refractivity contribution in [1.82, 2.24) is 23.8 Å². The monoisotopic (exact) mass is 612 g/mol. The highest BCUT2D eigenvalue weighted by molar-refractivity contribution is 7.90. The Labute approximate surface area is 255 Å². The van der Waals surface area contributed by atoms with Crippen molar-refractivity contribution < 1.29 is 22.7 Å². The molecule has 0 fully saturated rings. The lowest BCUT2D eigenvalue weighted by molar-refractivity contribution is 0.0222. The molecule has 44 heavy (non-hydrogen) atoms. The normalized spacial score (nSPS) is 13.5. The maximum absolute atomic E-state index is 13.9. The minimum atomic E-state index is -4.02. The van der Waals surface area contributed by atoms with E-state index in [1.165, 1.54) is 12.4 Å². The number of amides is 1. The highest BCUT2D eigenvalue weighted by atomic mass is 32.2. The Morgan fingerprint density at radius 2 is 1.75 bits per heavy atom. The average molecular weight is 613 g/mol. The summed E-state index contributed by atoms with van der Waals surface area (Å²) in [6.45, 7) is 8.22. The minimum Gasteiger partial charge on any atom is -0.455 e. The molecule has 5 heterocycles. The van der Waals surface area contributed by atoms with Crippen molar-refractivity contribution in [3.05, 3.63) is 90.1 Å². The van der Waals surface area contributed by atoms with Crippen LogP contribution in [0.15, 0.2) is 78.2 Å². The molecule has 0 radical (unpaired) electrons. The molecule has 0 atom stereocenters. The van der Waals surface area contributed by atoms with Crippen LogP contribution in [0.1, 0.15) is 37.6 Å². The second-order valence-electron chi connectivity index (χ2n) is 11.7. The summed E-state index contributed by atoms with van der Waals surface area (Å²) in [6.07, 6.45) is 6.41. The van der Waals surface area contributed by atoms with Crippen LogP contribution < -0.4 is 10.5 Å². The van der Waals surface area contributed by atoms with Crippen LogP contribution in [-0.2, 0) is 27.7 Å². The maximum Gasteiger partial charge on any atom is 0.410 e. The Bertz CT molecular complexity index is 2000. The molecular weight excluding hydrogens is 580 g/mol. The fraction of sp³-hybridized carbons (Fsp3) is 0.250. The van der Waals surface area contributed by atoms with Crippen molar-refractivity contribution in [2.75, 3.05) is 12.3 Å². The number of benzene rings is 1. The molecule has 0 aliphatic carbocycles. The van der Waals surface area contributed by atoms with Crippen molar-refractivity contribution in [3.8, 4) is 22.6 Å². The third kappa shape index (κ3) is 5.68. The van der Waals surface area contributed by atoms with Crippen LogP contribution >= 0.6 is 0 Å². The van der Waals surface area contributed by atoms with E-state index in [1.807, 2.05) is 33.8 Å². The van der Waals surface area contributed by atoms with Crippen molar-refractivity contribution in [2.24, 2.45) is 0 Å². The zero-order valence-electron chi connectivity index (χ0n) is 24.8. The molecule has 1 aliphatic heterocycles. The van der Waals surface area contributed by atoms with E-state index < -0.39 is 15.6 Å². The molecule has 5 aromatic rings. The van der Waals surface area contributed by atoms with Gasteiger partial charge >= 0.3 is 6.09 Å². The number of hydrogen-bond donors (Lipinski definition) is 1. The number of carbonyl (C=O) groups is 1. The van der Waals surface area contributed by atoms with E-state index in [0.717, 1.165) is 20.8 Å². The fourth-order valence-corrected chi connectivity index (χ4v) is 6.41. The van der Waals surface area contributed by atoms with Crippen LogP contribution in [0.5, 0.6) is 11.5 Å². The largest absolute Gasteiger partial charge is 0.455 e. The number of aryl methyl sites for hydroxylation is 1. The molecule has 4 aromatic heterocycles. The van der Waals surface area contributed by atoms with Gasteiger partial charge in [0, 0.05) is 42.8 Å². The van der Waals surface area contributed by atoms with Crippen molar-refractivity contribution >= 4 is 33.0 Å². The van der Waals surface area contributed by atoms with Crippen LogP contribution in [-0.4, -0.2) is 50.5 Å². The van der Waals surface area contributed by atoms with Gasteiger partial charge in [-0.3, -0.25) is 4.98 Å². The SMILES string of the molecule is Cc1ccc(S(=O)(=O)n2cc(-c3ccnc(N)c3)c3c(Oc4cnc5c(c4)CN(C(=O)OC(C)(C)C)CC5)ccnc32)cc1. The van der Waals surface area contributed by atoms with Crippen molar-refractivity contribution in [1.29, 1.82) is 0 Å². The number of carbonyl (C=O) groups excluding carboxylic acids is 1. The van der Waals surface area contributed by atoms with E-state index >= 15 is 0 Å². The standard InChI is InChI=1S/C32H32N6O5S/c1-20-5-7-24(8-6-20)44(40,41)38-19-25(21-9-12-34-28(33)16-21)29-27(10-13-35-30(29)38)42-23-15-22-18-37(14-11-26(22)36-17-23)31(39)43-32(2,3)4/h5-10,12-13,15-17,19H,11,14,18H2,1-4H3,(H2,33,34). The highest BCUT2D eigenvalue weighted by Gasteiger charge is 2.28. The lowest BCUT2D eigenvalue weighted by Crippen LogP contribution is -2.40. The Hall–Kier alpha value is -4.97. The van der Waals surface area contributed by atoms with Gasteiger partial charge in [0.15, 0.2) is 5.65 Å². The van der Waals surface area contributed by atoms with E-state index in [-0.39, 0.29) is 22.5 Å². The maximum atomic E-state index is 13.9. The summed E-state index contributed by atoms with van der Waals surface area (Å²) < 4.78 is 40.8. The van der Waals surface area contributed by atoms with Gasteiger partial charge < -0.3 is 20.1 Å². The average Bonchev–Trinajstić information content (AvgIpc) is 3.38. The predicted octanol–water partition coefficient (Wildman–Crippen LogP) is 5.71. The first-order valence-corrected chi connectivity index (χ1v) is 15.5. The summed E-state index contributed by atoms with van der Waals surface area (Å²) in [6, 6.07) is 13.6. The molecule has 0 bridgehead atoms. The van der Waals surface area contributed by atoms with Gasteiger partial charge in [-0.25, -0.2) is 27.2 Å². The molecule has 11 nitrogen and oxygen atoms in total. The number of hydrogen-bond acceptors (Lipinski definition) is 9. The first-order valence-electron chi connectivity index (χ1n) is 14.1. The number of ether oxygens (including phenoxy) is 2. The lowest BCUT2D eigenvalue weighted by Gasteiger charge is -2.30. The van der Waals surface area contributed by atoms with Crippen LogP contribution in [0, 0.1) is 6.92 Å². The summed E-state index contributed by atoms with van der Waals surface area (Å²) in [4.78, 5) is 27.7. The molecular formula is C32H32N6O5S. The zero-order chi connectivity index (χ0) is 31.2. The topological polar surface area (TPSA) is 143 Å². The van der Waals surface area contributed by atoms with E-state index in [0.29, 0.717) is 47.5 Å². The van der Waals surface area contributed by atoms with Gasteiger partial charge in [0.25, 0.3) is 10.0 Å². The number of rotatable bonds is 5. The molecule has 0 saturated heterocycles. The van der Waals surface area contributed by atoms with Crippen LogP contribution in [0.4, 0.5) is 10.6 Å². The smallest absolute Gasteiger partial charge is 0.410 e. The van der Waals surface area contributed by atoms with Crippen LogP contribution in [0.2, 0.25) is 0 Å². The predicted molar refractivity (Wildman–Crippen MR) is 166 cm³/mol. The number of fused-ring (bicyclic) bond motifs is 2. The van der Waals surface area contributed by atoms with Crippen molar-refractivity contribution in [3.63, 3.8) is 0 Å². The van der Waals surface area contributed by atoms with Gasteiger partial charge in [-0.1, -0.05) is 17.7 Å². The van der Waals surface area contributed by atoms with Crippen LogP contribution in [0.3, 0.4) is 0 Å². The first kappa shape index (κ1) is 29.1. The van der Waals surface area contributed by atoms with Gasteiger partial charge in [-0.15, -0.1) is 0 Å². The van der Waals surface area contributed by atoms with Gasteiger partial charge in [0.1, 0.15) is 22.9 Å². The highest BCUT2D eigenvalue weighted by Crippen LogP contribution is 2.40. The van der Waals surface area contributed by atoms with Gasteiger partial charge in [0.05, 0.1) is 23.0 Å². The Balaban J connectivity index is 1.42. The zero-order valence-corrected chi connectivity index (χ0v) is 25.6. The number of nitrogen functional groups attached to an aromatic ring is 1. The minimum absolute atomic E-state index is 0.127. The van der Waals surface area contributed by atoms with E-state index in [1.54, 1.807) is 59.8 Å². The molecule has 1 amide bonds. The molecule has 0 unspecified atom stereocenters. The third-order valence-corrected chi connectivity index (χ3v) is 8.85. The van der Waals surface area contributed by atoms with Crippen molar-refractivity contribution in [2.45, 2.75) is 51.2 Å². The van der Waals surface area contributed by atoms with Gasteiger partial charge in [-0.2, -0.15) is 0 Å². The molecule has 12 heteroatoms. The molecule has 0 spiro atoms. The molecule has 226 valence electrons. The molecule has 2 N–H and O–H groups in total. The summed E-state index contributed by atoms with van der Waals surface area (Å²) in [5.41, 5.74) is 9.44. The van der Waals surface area contributed by atoms with E-state index in [2.05, 4.69) is 15.0 Å². The molecule has 1 aliphatic rings. The number of nitrogens with zero attached hydrogens (tertiary/aromatic N) is 5. The quantitative estimate of drug-likeness (QED) is 0.264. The second-order valence-corrected chi connectivity index (χ2v) is 13.5. The summed E-state index contributed by atoms with van der Waals surface area (Å²) in [5.74, 6) is 1.08. The summed E-state index contributed by atoms with van der Waals surface area (Å²) in [7, 11) is -4.02. The summed E-state index contributed by atoms with van der Waals surface area (Å²) >= 11 is 0. The van der Waals surface area contributed by atoms with Gasteiger partial charge in [0.2, 0.25) is 0 Å². The van der Waals surface area contributed by atoms with E-state index in [4.69, 9.17) is 15.2 Å². The lowest BCUT2D eigenvalue weighted by atomic mass is 10.1. The summed E-state index contributed by atoms with van der Waals surface area (Å²) in [5, 5.41) is 0.474. The Morgan fingerprint density at radius 1 is 1.00 bits per heavy atom. The number of aromatic nitrogens is 4. The fourth-order valence-electron chi connectivity index (χ4n) is 5.09. The molecule has 6 rings (SSSR count). The first-order chi connectivity index (χ1) is 20.9. The Kier molecular flexibility index (Phi) is 7.24. The van der Waals surface area contributed by atoms with E-state index in [9.17, 15) is 13.2 Å². The number of anilines is 1. The third-order valence-electron chi connectivity index (χ3n) is 7.18. The molecule has 0 saturated carbocycles. The van der Waals surface area contributed by atoms with Crippen LogP contribution in [0.25, 0.3) is 22.2 Å².